The summed E-state index contributed by atoms with van der Waals surface area (Å²) in [4.78, 5) is 16.2. The van der Waals surface area contributed by atoms with Gasteiger partial charge in [0.15, 0.2) is 0 Å². The van der Waals surface area contributed by atoms with Crippen molar-refractivity contribution in [2.45, 2.75) is 31.7 Å². The molecule has 1 aromatic carbocycles. The molecular formula is C15H17Cl2N3O. The maximum atomic E-state index is 11.7. The highest BCUT2D eigenvalue weighted by atomic mass is 35.5. The van der Waals surface area contributed by atoms with Crippen molar-refractivity contribution in [3.8, 4) is 0 Å². The molecule has 3 rings (SSSR count). The molecule has 1 amide bonds. The van der Waals surface area contributed by atoms with Crippen LogP contribution in [0.4, 0.5) is 0 Å². The zero-order valence-electron chi connectivity index (χ0n) is 11.8. The summed E-state index contributed by atoms with van der Waals surface area (Å²) in [5, 5.41) is 3.43. The third kappa shape index (κ3) is 3.16. The fraction of sp³-hybridized carbons (Fsp3) is 0.467. The van der Waals surface area contributed by atoms with E-state index in [9.17, 15) is 4.79 Å². The van der Waals surface area contributed by atoms with Crippen molar-refractivity contribution >= 4 is 40.1 Å². The number of hydrogen-bond donors (Lipinski definition) is 1. The smallest absolute Gasteiger partial charge is 0.223 e. The summed E-state index contributed by atoms with van der Waals surface area (Å²) in [6.45, 7) is 3.13. The first-order valence-electron chi connectivity index (χ1n) is 7.13. The van der Waals surface area contributed by atoms with Crippen LogP contribution in [-0.2, 0) is 11.3 Å². The number of fused-ring (bicyclic) bond motifs is 1. The lowest BCUT2D eigenvalue weighted by Crippen LogP contribution is -2.28. The van der Waals surface area contributed by atoms with Crippen LogP contribution >= 0.6 is 23.2 Å². The van der Waals surface area contributed by atoms with Gasteiger partial charge in [0, 0.05) is 24.0 Å². The second-order valence-electron chi connectivity index (χ2n) is 5.44. The number of hydrogen-bond acceptors (Lipinski definition) is 2. The van der Waals surface area contributed by atoms with Crippen LogP contribution in [0.25, 0.3) is 11.0 Å². The number of carbonyl (C=O) groups is 1. The van der Waals surface area contributed by atoms with E-state index < -0.39 is 0 Å². The molecule has 1 atom stereocenters. The van der Waals surface area contributed by atoms with E-state index in [0.717, 1.165) is 29.7 Å². The van der Waals surface area contributed by atoms with Crippen molar-refractivity contribution < 1.29 is 4.79 Å². The van der Waals surface area contributed by atoms with Gasteiger partial charge in [-0.15, -0.1) is 11.6 Å². The minimum absolute atomic E-state index is 0.155. The largest absolute Gasteiger partial charge is 0.354 e. The van der Waals surface area contributed by atoms with Gasteiger partial charge in [-0.2, -0.15) is 0 Å². The maximum absolute atomic E-state index is 11.7. The maximum Gasteiger partial charge on any atom is 0.223 e. The Labute approximate surface area is 133 Å². The third-order valence-corrected chi connectivity index (χ3v) is 4.11. The van der Waals surface area contributed by atoms with Gasteiger partial charge >= 0.3 is 0 Å². The number of rotatable bonds is 5. The number of imidazole rings is 1. The number of alkyl halides is 1. The number of benzene rings is 1. The average Bonchev–Trinajstić information content (AvgIpc) is 3.22. The lowest BCUT2D eigenvalue weighted by atomic mass is 10.3. The van der Waals surface area contributed by atoms with Crippen molar-refractivity contribution in [3.05, 3.63) is 29.0 Å². The lowest BCUT2D eigenvalue weighted by Gasteiger charge is -2.11. The second-order valence-corrected chi connectivity index (χ2v) is 6.53. The molecule has 1 unspecified atom stereocenters. The molecule has 1 fully saturated rings. The molecule has 1 aromatic heterocycles. The zero-order chi connectivity index (χ0) is 15.0. The molecule has 1 saturated carbocycles. The highest BCUT2D eigenvalue weighted by Crippen LogP contribution is 2.29. The minimum atomic E-state index is -0.199. The first-order chi connectivity index (χ1) is 10.1. The van der Waals surface area contributed by atoms with E-state index in [0.29, 0.717) is 18.1 Å². The molecule has 2 aromatic rings. The Kier molecular flexibility index (Phi) is 4.09. The molecule has 6 heteroatoms. The van der Waals surface area contributed by atoms with E-state index in [4.69, 9.17) is 23.2 Å². The van der Waals surface area contributed by atoms with Crippen molar-refractivity contribution in [2.75, 3.05) is 6.54 Å². The Morgan fingerprint density at radius 2 is 2.29 bits per heavy atom. The summed E-state index contributed by atoms with van der Waals surface area (Å²) in [5.41, 5.74) is 1.82. The first-order valence-corrected chi connectivity index (χ1v) is 7.95. The molecule has 21 heavy (non-hydrogen) atoms. The van der Waals surface area contributed by atoms with E-state index >= 15 is 0 Å². The Hall–Kier alpha value is -1.26. The van der Waals surface area contributed by atoms with Crippen molar-refractivity contribution in [1.29, 1.82) is 0 Å². The van der Waals surface area contributed by atoms with E-state index in [2.05, 4.69) is 14.9 Å². The fourth-order valence-corrected chi connectivity index (χ4v) is 2.77. The molecule has 0 saturated heterocycles. The van der Waals surface area contributed by atoms with Crippen LogP contribution in [0.3, 0.4) is 0 Å². The molecule has 0 aliphatic heterocycles. The number of nitrogens with one attached hydrogen (secondary N) is 1. The molecule has 4 nitrogen and oxygen atoms in total. The SMILES string of the molecule is CC(Cl)c1nc2cc(Cl)ccc2n1CCNC(=O)C1CC1. The highest BCUT2D eigenvalue weighted by Gasteiger charge is 2.29. The predicted molar refractivity (Wildman–Crippen MR) is 84.7 cm³/mol. The number of nitrogens with zero attached hydrogens (tertiary/aromatic N) is 2. The zero-order valence-corrected chi connectivity index (χ0v) is 13.3. The number of carbonyl (C=O) groups excluding carboxylic acids is 1. The van der Waals surface area contributed by atoms with Crippen molar-refractivity contribution in [1.82, 2.24) is 14.9 Å². The molecular weight excluding hydrogens is 309 g/mol. The molecule has 112 valence electrons. The second kappa shape index (κ2) is 5.85. The molecule has 0 radical (unpaired) electrons. The van der Waals surface area contributed by atoms with Gasteiger partial charge in [-0.05, 0) is 38.0 Å². The van der Waals surface area contributed by atoms with Gasteiger partial charge in [-0.1, -0.05) is 11.6 Å². The molecule has 0 spiro atoms. The van der Waals surface area contributed by atoms with E-state index in [1.807, 2.05) is 25.1 Å². The van der Waals surface area contributed by atoms with E-state index in [1.54, 1.807) is 0 Å². The highest BCUT2D eigenvalue weighted by molar-refractivity contribution is 6.31. The third-order valence-electron chi connectivity index (χ3n) is 3.68. The van der Waals surface area contributed by atoms with E-state index in [1.165, 1.54) is 0 Å². The Morgan fingerprint density at radius 1 is 1.52 bits per heavy atom. The van der Waals surface area contributed by atoms with Gasteiger partial charge < -0.3 is 9.88 Å². The fourth-order valence-electron chi connectivity index (χ4n) is 2.44. The van der Waals surface area contributed by atoms with Crippen LogP contribution in [0.1, 0.15) is 31.0 Å². The topological polar surface area (TPSA) is 46.9 Å². The van der Waals surface area contributed by atoms with Gasteiger partial charge in [0.05, 0.1) is 16.4 Å². The molecule has 1 aliphatic rings. The van der Waals surface area contributed by atoms with Gasteiger partial charge in [-0.3, -0.25) is 4.79 Å². The minimum Gasteiger partial charge on any atom is -0.354 e. The molecule has 1 heterocycles. The van der Waals surface area contributed by atoms with Crippen LogP contribution < -0.4 is 5.32 Å². The quantitative estimate of drug-likeness (QED) is 0.855. The van der Waals surface area contributed by atoms with Gasteiger partial charge in [0.2, 0.25) is 5.91 Å². The van der Waals surface area contributed by atoms with E-state index in [-0.39, 0.29) is 17.2 Å². The van der Waals surface area contributed by atoms with Crippen LogP contribution in [-0.4, -0.2) is 22.0 Å². The predicted octanol–water partition coefficient (Wildman–Crippen LogP) is 3.52. The van der Waals surface area contributed by atoms with Crippen LogP contribution in [0.5, 0.6) is 0 Å². The van der Waals surface area contributed by atoms with Crippen LogP contribution in [0, 0.1) is 5.92 Å². The van der Waals surface area contributed by atoms with Crippen LogP contribution in [0.2, 0.25) is 5.02 Å². The molecule has 1 N–H and O–H groups in total. The van der Waals surface area contributed by atoms with Crippen molar-refractivity contribution in [2.24, 2.45) is 5.92 Å². The van der Waals surface area contributed by atoms with Gasteiger partial charge in [0.1, 0.15) is 5.82 Å². The van der Waals surface area contributed by atoms with Crippen LogP contribution in [0.15, 0.2) is 18.2 Å². The number of amides is 1. The normalized spacial score (nSPS) is 16.1. The lowest BCUT2D eigenvalue weighted by molar-refractivity contribution is -0.122. The first kappa shape index (κ1) is 14.7. The number of aromatic nitrogens is 2. The summed E-state index contributed by atoms with van der Waals surface area (Å²) in [6.07, 6.45) is 2.03. The average molecular weight is 326 g/mol. The van der Waals surface area contributed by atoms with Gasteiger partial charge in [-0.25, -0.2) is 4.98 Å². The summed E-state index contributed by atoms with van der Waals surface area (Å²) in [6, 6.07) is 5.61. The Morgan fingerprint density at radius 3 is 2.95 bits per heavy atom. The standard InChI is InChI=1S/C15H17Cl2N3O/c1-9(16)14-19-12-8-11(17)4-5-13(12)20(14)7-6-18-15(21)10-2-3-10/h4-5,8-10H,2-3,6-7H2,1H3,(H,18,21). The van der Waals surface area contributed by atoms with Crippen molar-refractivity contribution in [3.63, 3.8) is 0 Å². The summed E-state index contributed by atoms with van der Waals surface area (Å²) >= 11 is 12.2. The summed E-state index contributed by atoms with van der Waals surface area (Å²) < 4.78 is 2.05. The van der Waals surface area contributed by atoms with Gasteiger partial charge in [0.25, 0.3) is 0 Å². The monoisotopic (exact) mass is 325 g/mol. The Bertz CT molecular complexity index is 677. The molecule has 1 aliphatic carbocycles. The molecule has 0 bridgehead atoms. The summed E-state index contributed by atoms with van der Waals surface area (Å²) in [7, 11) is 0. The Balaban J connectivity index is 1.81. The number of halogens is 2. The summed E-state index contributed by atoms with van der Waals surface area (Å²) in [5.74, 6) is 1.19.